The summed E-state index contributed by atoms with van der Waals surface area (Å²) in [6, 6.07) is 21.2. The zero-order valence-electron chi connectivity index (χ0n) is 16.1. The quantitative estimate of drug-likeness (QED) is 0.642. The molecular weight excluding hydrogens is 394 g/mol. The van der Waals surface area contributed by atoms with E-state index >= 15 is 0 Å². The van der Waals surface area contributed by atoms with Crippen molar-refractivity contribution < 1.29 is 8.42 Å². The minimum atomic E-state index is -3.74. The first-order valence-corrected chi connectivity index (χ1v) is 11.2. The molecule has 0 bridgehead atoms. The highest BCUT2D eigenvalue weighted by atomic mass is 32.2. The summed E-state index contributed by atoms with van der Waals surface area (Å²) in [6.07, 6.45) is 6.57. The number of allylic oxidation sites excluding steroid dienone is 3. The summed E-state index contributed by atoms with van der Waals surface area (Å²) < 4.78 is 23.2. The summed E-state index contributed by atoms with van der Waals surface area (Å²) in [6.45, 7) is 0. The number of nitrogens with zero attached hydrogens (tertiary/aromatic N) is 2. The number of primary sulfonamides is 1. The molecular formula is C24H19N3O2S. The lowest BCUT2D eigenvalue weighted by molar-refractivity contribution is 0.597. The van der Waals surface area contributed by atoms with E-state index in [1.807, 2.05) is 35.4 Å². The van der Waals surface area contributed by atoms with Crippen LogP contribution >= 0.6 is 0 Å². The van der Waals surface area contributed by atoms with Crippen LogP contribution in [0.15, 0.2) is 106 Å². The van der Waals surface area contributed by atoms with E-state index < -0.39 is 10.0 Å². The van der Waals surface area contributed by atoms with Crippen LogP contribution < -0.4 is 10.1 Å². The molecule has 5 nitrogen and oxygen atoms in total. The van der Waals surface area contributed by atoms with Gasteiger partial charge < -0.3 is 0 Å². The molecule has 6 heteroatoms. The molecule has 0 aromatic heterocycles. The summed E-state index contributed by atoms with van der Waals surface area (Å²) >= 11 is 0. The van der Waals surface area contributed by atoms with Gasteiger partial charge in [0.25, 0.3) is 0 Å². The van der Waals surface area contributed by atoms with Crippen molar-refractivity contribution in [3.05, 3.63) is 102 Å². The van der Waals surface area contributed by atoms with Crippen LogP contribution in [0.5, 0.6) is 0 Å². The average molecular weight is 414 g/mol. The molecule has 0 saturated carbocycles. The Labute approximate surface area is 175 Å². The summed E-state index contributed by atoms with van der Waals surface area (Å²) in [5.74, 6) is 0. The van der Waals surface area contributed by atoms with E-state index in [2.05, 4.69) is 36.1 Å². The first-order valence-electron chi connectivity index (χ1n) is 9.61. The zero-order valence-corrected chi connectivity index (χ0v) is 16.9. The van der Waals surface area contributed by atoms with E-state index in [9.17, 15) is 8.42 Å². The number of hydrogen-bond acceptors (Lipinski definition) is 4. The van der Waals surface area contributed by atoms with Gasteiger partial charge in [-0.2, -0.15) is 5.10 Å². The maximum atomic E-state index is 11.6. The largest absolute Gasteiger partial charge is 0.257 e. The summed E-state index contributed by atoms with van der Waals surface area (Å²) in [7, 11) is -3.74. The summed E-state index contributed by atoms with van der Waals surface area (Å²) in [4.78, 5) is 0.0845. The molecule has 0 radical (unpaired) electrons. The van der Waals surface area contributed by atoms with Crippen LogP contribution in [0.25, 0.3) is 10.8 Å². The van der Waals surface area contributed by atoms with Crippen LogP contribution in [0.2, 0.25) is 0 Å². The molecule has 30 heavy (non-hydrogen) atoms. The molecule has 0 fully saturated rings. The van der Waals surface area contributed by atoms with Gasteiger partial charge in [0, 0.05) is 12.0 Å². The highest BCUT2D eigenvalue weighted by Crippen LogP contribution is 2.38. The van der Waals surface area contributed by atoms with Crippen molar-refractivity contribution in [2.45, 2.75) is 17.4 Å². The second-order valence-corrected chi connectivity index (χ2v) is 8.90. The van der Waals surface area contributed by atoms with Gasteiger partial charge in [0.05, 0.1) is 22.3 Å². The molecule has 0 spiro atoms. The molecule has 0 saturated heterocycles. The topological polar surface area (TPSA) is 75.8 Å². The van der Waals surface area contributed by atoms with E-state index in [-0.39, 0.29) is 10.9 Å². The fraction of sp³-hybridized carbons (Fsp3) is 0.0833. The smallest absolute Gasteiger partial charge is 0.238 e. The third kappa shape index (κ3) is 3.37. The number of anilines is 1. The predicted octanol–water partition coefficient (Wildman–Crippen LogP) is 4.45. The van der Waals surface area contributed by atoms with Gasteiger partial charge in [-0.05, 0) is 58.8 Å². The zero-order chi connectivity index (χ0) is 20.7. The Hall–Kier alpha value is -3.44. The van der Waals surface area contributed by atoms with Crippen LogP contribution in [-0.4, -0.2) is 14.1 Å². The third-order valence-electron chi connectivity index (χ3n) is 5.41. The SMILES string of the molecule is NS(=O)(=O)c1ccc(N2N=C(C3=C=CC=C3)CC2c2ccc3ccccc3c2)cc1. The molecule has 1 atom stereocenters. The normalized spacial score (nSPS) is 18.2. The standard InChI is InChI=1S/C24H19N3O2S/c25-30(28,29)22-13-11-21(12-14-22)27-24(16-23(26-27)18-6-2-3-7-18)20-10-9-17-5-1-4-8-19(17)15-20/h1-6,8-15,24H,16H2,(H2,25,28,29). The van der Waals surface area contributed by atoms with Gasteiger partial charge in [0.1, 0.15) is 0 Å². The van der Waals surface area contributed by atoms with Crippen molar-refractivity contribution >= 4 is 32.2 Å². The van der Waals surface area contributed by atoms with Gasteiger partial charge in [-0.25, -0.2) is 13.6 Å². The van der Waals surface area contributed by atoms with Gasteiger partial charge in [0.2, 0.25) is 10.0 Å². The Morgan fingerprint density at radius 2 is 1.77 bits per heavy atom. The molecule has 1 aliphatic heterocycles. The number of rotatable bonds is 4. The van der Waals surface area contributed by atoms with Crippen LogP contribution in [0.1, 0.15) is 18.0 Å². The number of sulfonamides is 1. The summed E-state index contributed by atoms with van der Waals surface area (Å²) in [5, 5.41) is 14.4. The van der Waals surface area contributed by atoms with Crippen LogP contribution in [0.4, 0.5) is 5.69 Å². The second kappa shape index (κ2) is 7.11. The number of nitrogens with two attached hydrogens (primary N) is 1. The number of benzene rings is 3. The van der Waals surface area contributed by atoms with E-state index in [4.69, 9.17) is 10.2 Å². The predicted molar refractivity (Wildman–Crippen MR) is 120 cm³/mol. The highest BCUT2D eigenvalue weighted by Gasteiger charge is 2.31. The van der Waals surface area contributed by atoms with Gasteiger partial charge in [-0.3, -0.25) is 5.01 Å². The lowest BCUT2D eigenvalue weighted by atomic mass is 9.96. The maximum absolute atomic E-state index is 11.6. The van der Waals surface area contributed by atoms with Crippen LogP contribution in [0, 0.1) is 0 Å². The van der Waals surface area contributed by atoms with E-state index in [1.165, 1.54) is 22.9 Å². The fourth-order valence-electron chi connectivity index (χ4n) is 3.88. The Morgan fingerprint density at radius 1 is 1.00 bits per heavy atom. The van der Waals surface area contributed by atoms with Gasteiger partial charge in [-0.15, -0.1) is 5.73 Å². The number of hydrogen-bond donors (Lipinski definition) is 1. The molecule has 1 aliphatic carbocycles. The monoisotopic (exact) mass is 413 g/mol. The average Bonchev–Trinajstić information content (AvgIpc) is 3.43. The molecule has 2 N–H and O–H groups in total. The second-order valence-electron chi connectivity index (χ2n) is 7.34. The lowest BCUT2D eigenvalue weighted by Crippen LogP contribution is -2.19. The Bertz CT molecular complexity index is 1380. The minimum absolute atomic E-state index is 0.00626. The lowest BCUT2D eigenvalue weighted by Gasteiger charge is -2.24. The fourth-order valence-corrected chi connectivity index (χ4v) is 4.40. The number of hydrazone groups is 1. The van der Waals surface area contributed by atoms with Gasteiger partial charge >= 0.3 is 0 Å². The van der Waals surface area contributed by atoms with Gasteiger partial charge in [-0.1, -0.05) is 42.5 Å². The molecule has 2 aliphatic rings. The first kappa shape index (κ1) is 18.6. The van der Waals surface area contributed by atoms with E-state index in [0.29, 0.717) is 0 Å². The number of fused-ring (bicyclic) bond motifs is 1. The van der Waals surface area contributed by atoms with E-state index in [0.717, 1.165) is 29.0 Å². The molecule has 1 heterocycles. The Kier molecular flexibility index (Phi) is 4.40. The molecule has 5 rings (SSSR count). The molecule has 3 aromatic carbocycles. The summed E-state index contributed by atoms with van der Waals surface area (Å²) in [5.41, 5.74) is 7.11. The third-order valence-corrected chi connectivity index (χ3v) is 6.34. The molecule has 3 aromatic rings. The van der Waals surface area contributed by atoms with Gasteiger partial charge in [0.15, 0.2) is 0 Å². The Balaban J connectivity index is 1.57. The molecule has 148 valence electrons. The van der Waals surface area contributed by atoms with Crippen LogP contribution in [-0.2, 0) is 10.0 Å². The van der Waals surface area contributed by atoms with E-state index in [1.54, 1.807) is 12.1 Å². The van der Waals surface area contributed by atoms with Crippen molar-refractivity contribution in [1.29, 1.82) is 0 Å². The maximum Gasteiger partial charge on any atom is 0.238 e. The van der Waals surface area contributed by atoms with Crippen LogP contribution in [0.3, 0.4) is 0 Å². The minimum Gasteiger partial charge on any atom is -0.257 e. The Morgan fingerprint density at radius 3 is 2.47 bits per heavy atom. The van der Waals surface area contributed by atoms with Crippen molar-refractivity contribution in [3.63, 3.8) is 0 Å². The molecule has 1 unspecified atom stereocenters. The van der Waals surface area contributed by atoms with Crippen molar-refractivity contribution in [3.8, 4) is 0 Å². The van der Waals surface area contributed by atoms with Crippen molar-refractivity contribution in [2.24, 2.45) is 10.2 Å². The van der Waals surface area contributed by atoms with Crippen molar-refractivity contribution in [1.82, 2.24) is 0 Å². The van der Waals surface area contributed by atoms with Crippen molar-refractivity contribution in [2.75, 3.05) is 5.01 Å². The molecule has 0 amide bonds. The highest BCUT2D eigenvalue weighted by molar-refractivity contribution is 7.89. The first-order chi connectivity index (χ1) is 14.5.